The van der Waals surface area contributed by atoms with Crippen LogP contribution in [0.2, 0.25) is 0 Å². The first-order valence-corrected chi connectivity index (χ1v) is 4.78. The zero-order chi connectivity index (χ0) is 11.5. The van der Waals surface area contributed by atoms with Crippen LogP contribution in [0.25, 0.3) is 11.3 Å². The van der Waals surface area contributed by atoms with Crippen LogP contribution >= 0.6 is 0 Å². The van der Waals surface area contributed by atoms with E-state index in [2.05, 4.69) is 9.72 Å². The topological polar surface area (TPSA) is 62.3 Å². The number of carbonyl (C=O) groups is 1. The van der Waals surface area contributed by atoms with Crippen molar-refractivity contribution in [2.75, 3.05) is 7.11 Å². The lowest BCUT2D eigenvalue weighted by Gasteiger charge is -1.99. The van der Waals surface area contributed by atoms with Crippen molar-refractivity contribution in [1.82, 2.24) is 4.98 Å². The molecule has 1 aromatic carbocycles. The minimum atomic E-state index is -0.559. The van der Waals surface area contributed by atoms with Crippen molar-refractivity contribution >= 4 is 5.97 Å². The van der Waals surface area contributed by atoms with Crippen molar-refractivity contribution < 1.29 is 14.6 Å². The Kier molecular flexibility index (Phi) is 2.64. The van der Waals surface area contributed by atoms with Crippen LogP contribution in [0.5, 0.6) is 5.75 Å². The summed E-state index contributed by atoms with van der Waals surface area (Å²) in [7, 11) is 1.27. The van der Waals surface area contributed by atoms with Crippen LogP contribution in [0.1, 0.15) is 10.4 Å². The molecule has 0 radical (unpaired) electrons. The molecular formula is C12H11NO3. The maximum atomic E-state index is 11.3. The summed E-state index contributed by atoms with van der Waals surface area (Å²) in [6.45, 7) is 0. The molecule has 0 aliphatic carbocycles. The van der Waals surface area contributed by atoms with Gasteiger partial charge in [0.25, 0.3) is 0 Å². The highest BCUT2D eigenvalue weighted by atomic mass is 16.5. The molecule has 4 nitrogen and oxygen atoms in total. The molecule has 0 saturated carbocycles. The number of nitrogens with one attached hydrogen (secondary N) is 1. The SMILES string of the molecule is COC(=O)c1c[nH]c(-c2ccccc2)c1O. The van der Waals surface area contributed by atoms with E-state index in [-0.39, 0.29) is 11.3 Å². The second kappa shape index (κ2) is 4.10. The molecule has 0 aliphatic rings. The summed E-state index contributed by atoms with van der Waals surface area (Å²) in [5.74, 6) is -0.644. The molecule has 82 valence electrons. The molecular weight excluding hydrogens is 206 g/mol. The van der Waals surface area contributed by atoms with E-state index in [1.54, 1.807) is 0 Å². The quantitative estimate of drug-likeness (QED) is 0.758. The van der Waals surface area contributed by atoms with Crippen LogP contribution in [0.3, 0.4) is 0 Å². The van der Waals surface area contributed by atoms with Crippen LogP contribution < -0.4 is 0 Å². The minimum Gasteiger partial charge on any atom is -0.505 e. The van der Waals surface area contributed by atoms with Crippen molar-refractivity contribution in [2.45, 2.75) is 0 Å². The van der Waals surface area contributed by atoms with Gasteiger partial charge in [0.2, 0.25) is 0 Å². The number of hydrogen-bond donors (Lipinski definition) is 2. The highest BCUT2D eigenvalue weighted by Crippen LogP contribution is 2.31. The lowest BCUT2D eigenvalue weighted by Crippen LogP contribution is -1.99. The Labute approximate surface area is 92.5 Å². The van der Waals surface area contributed by atoms with Crippen LogP contribution in [0, 0.1) is 0 Å². The first kappa shape index (κ1) is 10.3. The van der Waals surface area contributed by atoms with Gasteiger partial charge in [0, 0.05) is 11.8 Å². The fourth-order valence-electron chi connectivity index (χ4n) is 1.51. The predicted molar refractivity (Wildman–Crippen MR) is 59.2 cm³/mol. The number of hydrogen-bond acceptors (Lipinski definition) is 3. The average Bonchev–Trinajstić information content (AvgIpc) is 2.71. The van der Waals surface area contributed by atoms with Crippen molar-refractivity contribution in [2.24, 2.45) is 0 Å². The number of methoxy groups -OCH3 is 1. The zero-order valence-corrected chi connectivity index (χ0v) is 8.73. The van der Waals surface area contributed by atoms with E-state index >= 15 is 0 Å². The third-order valence-electron chi connectivity index (χ3n) is 2.32. The summed E-state index contributed by atoms with van der Waals surface area (Å²) >= 11 is 0. The van der Waals surface area contributed by atoms with Crippen LogP contribution in [-0.4, -0.2) is 23.2 Å². The van der Waals surface area contributed by atoms with Gasteiger partial charge in [-0.2, -0.15) is 0 Å². The predicted octanol–water partition coefficient (Wildman–Crippen LogP) is 2.17. The molecule has 2 aromatic rings. The van der Waals surface area contributed by atoms with Gasteiger partial charge in [0.1, 0.15) is 5.56 Å². The average molecular weight is 217 g/mol. The van der Waals surface area contributed by atoms with Crippen molar-refractivity contribution in [3.63, 3.8) is 0 Å². The number of esters is 1. The molecule has 0 saturated heterocycles. The second-order valence-electron chi connectivity index (χ2n) is 3.28. The van der Waals surface area contributed by atoms with Crippen molar-refractivity contribution in [1.29, 1.82) is 0 Å². The summed E-state index contributed by atoms with van der Waals surface area (Å²) in [5.41, 5.74) is 1.47. The van der Waals surface area contributed by atoms with Gasteiger partial charge >= 0.3 is 5.97 Å². The number of aromatic hydroxyl groups is 1. The van der Waals surface area contributed by atoms with Gasteiger partial charge in [-0.25, -0.2) is 4.79 Å². The van der Waals surface area contributed by atoms with Gasteiger partial charge in [0.15, 0.2) is 5.75 Å². The molecule has 0 atom stereocenters. The van der Waals surface area contributed by atoms with E-state index in [1.165, 1.54) is 13.3 Å². The third kappa shape index (κ3) is 1.65. The first-order chi connectivity index (χ1) is 7.74. The summed E-state index contributed by atoms with van der Waals surface area (Å²) in [6, 6.07) is 9.27. The van der Waals surface area contributed by atoms with E-state index in [4.69, 9.17) is 0 Å². The zero-order valence-electron chi connectivity index (χ0n) is 8.73. The number of rotatable bonds is 2. The Morgan fingerprint density at radius 2 is 2.00 bits per heavy atom. The molecule has 0 spiro atoms. The molecule has 1 aromatic heterocycles. The number of ether oxygens (including phenoxy) is 1. The Hall–Kier alpha value is -2.23. The molecule has 0 amide bonds. The number of aromatic nitrogens is 1. The highest BCUT2D eigenvalue weighted by molar-refractivity contribution is 5.95. The molecule has 0 aliphatic heterocycles. The van der Waals surface area contributed by atoms with Gasteiger partial charge in [0.05, 0.1) is 12.8 Å². The van der Waals surface area contributed by atoms with Crippen LogP contribution in [0.4, 0.5) is 0 Å². The molecule has 1 heterocycles. The summed E-state index contributed by atoms with van der Waals surface area (Å²) in [6.07, 6.45) is 1.43. The number of benzene rings is 1. The van der Waals surface area contributed by atoms with E-state index in [9.17, 15) is 9.90 Å². The molecule has 4 heteroatoms. The van der Waals surface area contributed by atoms with Gasteiger partial charge in [-0.05, 0) is 0 Å². The summed E-state index contributed by atoms with van der Waals surface area (Å²) in [5, 5.41) is 9.85. The lowest BCUT2D eigenvalue weighted by molar-refractivity contribution is 0.0598. The maximum absolute atomic E-state index is 11.3. The lowest BCUT2D eigenvalue weighted by atomic mass is 10.1. The van der Waals surface area contributed by atoms with Gasteiger partial charge in [-0.1, -0.05) is 30.3 Å². The number of carbonyl (C=O) groups excluding carboxylic acids is 1. The van der Waals surface area contributed by atoms with Gasteiger partial charge in [-0.15, -0.1) is 0 Å². The monoisotopic (exact) mass is 217 g/mol. The Balaban J connectivity index is 2.45. The molecule has 2 N–H and O–H groups in total. The van der Waals surface area contributed by atoms with Gasteiger partial charge < -0.3 is 14.8 Å². The largest absolute Gasteiger partial charge is 0.505 e. The number of H-pyrrole nitrogens is 1. The summed E-state index contributed by atoms with van der Waals surface area (Å²) in [4.78, 5) is 14.1. The highest BCUT2D eigenvalue weighted by Gasteiger charge is 2.17. The smallest absolute Gasteiger partial charge is 0.343 e. The third-order valence-corrected chi connectivity index (χ3v) is 2.32. The summed E-state index contributed by atoms with van der Waals surface area (Å²) < 4.78 is 4.55. The standard InChI is InChI=1S/C12H11NO3/c1-16-12(15)9-7-13-10(11(9)14)8-5-3-2-4-6-8/h2-7,13-14H,1H3. The molecule has 0 fully saturated rings. The molecule has 16 heavy (non-hydrogen) atoms. The van der Waals surface area contributed by atoms with Crippen molar-refractivity contribution in [3.05, 3.63) is 42.1 Å². The minimum absolute atomic E-state index is 0.0851. The first-order valence-electron chi connectivity index (χ1n) is 4.78. The van der Waals surface area contributed by atoms with Crippen LogP contribution in [0.15, 0.2) is 36.5 Å². The fourth-order valence-corrected chi connectivity index (χ4v) is 1.51. The number of aromatic amines is 1. The van der Waals surface area contributed by atoms with E-state index in [0.717, 1.165) is 5.56 Å². The second-order valence-corrected chi connectivity index (χ2v) is 3.28. The Morgan fingerprint density at radius 3 is 2.62 bits per heavy atom. The normalized spacial score (nSPS) is 10.1. The molecule has 0 bridgehead atoms. The Bertz CT molecular complexity index is 502. The van der Waals surface area contributed by atoms with Crippen LogP contribution in [-0.2, 0) is 4.74 Å². The molecule has 2 rings (SSSR count). The van der Waals surface area contributed by atoms with E-state index in [1.807, 2.05) is 30.3 Å². The maximum Gasteiger partial charge on any atom is 0.343 e. The fraction of sp³-hybridized carbons (Fsp3) is 0.0833. The van der Waals surface area contributed by atoms with E-state index < -0.39 is 5.97 Å². The Morgan fingerprint density at radius 1 is 1.31 bits per heavy atom. The van der Waals surface area contributed by atoms with E-state index in [0.29, 0.717) is 5.69 Å². The van der Waals surface area contributed by atoms with Gasteiger partial charge in [-0.3, -0.25) is 0 Å². The van der Waals surface area contributed by atoms with Crippen molar-refractivity contribution in [3.8, 4) is 17.0 Å². The molecule has 0 unspecified atom stereocenters.